The van der Waals surface area contributed by atoms with E-state index in [-0.39, 0.29) is 0 Å². The van der Waals surface area contributed by atoms with Gasteiger partial charge in [0.05, 0.1) is 0 Å². The molecule has 11 aromatic rings. The number of fused-ring (bicyclic) bond motifs is 4. The van der Waals surface area contributed by atoms with E-state index in [9.17, 15) is 0 Å². The minimum Gasteiger partial charge on any atom is -0.310 e. The van der Waals surface area contributed by atoms with Crippen molar-refractivity contribution in [3.63, 3.8) is 0 Å². The van der Waals surface area contributed by atoms with Crippen molar-refractivity contribution in [2.75, 3.05) is 4.90 Å². The predicted molar refractivity (Wildman–Crippen MR) is 281 cm³/mol. The van der Waals surface area contributed by atoms with Gasteiger partial charge in [-0.25, -0.2) is 0 Å². The van der Waals surface area contributed by atoms with Crippen molar-refractivity contribution in [2.24, 2.45) is 0 Å². The fourth-order valence-electron chi connectivity index (χ4n) is 10.6. The highest BCUT2D eigenvalue weighted by atomic mass is 15.1. The van der Waals surface area contributed by atoms with Gasteiger partial charge in [0, 0.05) is 17.1 Å². The lowest BCUT2D eigenvalue weighted by Gasteiger charge is -2.27. The van der Waals surface area contributed by atoms with Crippen molar-refractivity contribution in [1.82, 2.24) is 0 Å². The van der Waals surface area contributed by atoms with Crippen molar-refractivity contribution in [1.29, 1.82) is 0 Å². The lowest BCUT2D eigenvalue weighted by atomic mass is 9.82. The van der Waals surface area contributed by atoms with Gasteiger partial charge < -0.3 is 4.90 Å². The molecule has 0 N–H and O–H groups in total. The molecule has 0 radical (unpaired) electrons. The molecule has 0 spiro atoms. The van der Waals surface area contributed by atoms with Crippen molar-refractivity contribution >= 4 is 38.6 Å². The van der Waals surface area contributed by atoms with Gasteiger partial charge in [-0.3, -0.25) is 0 Å². The van der Waals surface area contributed by atoms with Gasteiger partial charge in [0.25, 0.3) is 0 Å². The highest BCUT2D eigenvalue weighted by Crippen LogP contribution is 2.58. The maximum absolute atomic E-state index is 2.41. The molecule has 0 amide bonds. The van der Waals surface area contributed by atoms with Crippen LogP contribution in [0.2, 0.25) is 0 Å². The van der Waals surface area contributed by atoms with Gasteiger partial charge in [-0.05, 0) is 156 Å². The summed E-state index contributed by atoms with van der Waals surface area (Å²) in [6, 6.07) is 87.5. The number of hydrogen-bond donors (Lipinski definition) is 0. The first kappa shape index (κ1) is 39.3. The zero-order valence-electron chi connectivity index (χ0n) is 37.2. The minimum absolute atomic E-state index is 0.848. The van der Waals surface area contributed by atoms with Crippen LogP contribution in [0.4, 0.5) is 17.1 Å². The summed E-state index contributed by atoms with van der Waals surface area (Å²) in [5, 5.41) is 5.13. The van der Waals surface area contributed by atoms with Crippen LogP contribution < -0.4 is 4.90 Å². The van der Waals surface area contributed by atoms with Crippen LogP contribution in [0.3, 0.4) is 0 Å². The monoisotopic (exact) mass is 841 g/mol. The Kier molecular flexibility index (Phi) is 9.76. The molecule has 11 aromatic carbocycles. The van der Waals surface area contributed by atoms with Crippen LogP contribution in [0, 0.1) is 13.8 Å². The maximum Gasteiger partial charge on any atom is 0.0470 e. The normalized spacial score (nSPS) is 11.5. The van der Waals surface area contributed by atoms with Crippen LogP contribution in [-0.4, -0.2) is 0 Å². The zero-order valence-corrected chi connectivity index (χ0v) is 37.2. The van der Waals surface area contributed by atoms with Gasteiger partial charge >= 0.3 is 0 Å². The van der Waals surface area contributed by atoms with Crippen molar-refractivity contribution in [3.8, 4) is 66.8 Å². The smallest absolute Gasteiger partial charge is 0.0470 e. The SMILES string of the molecule is Cc1cccc(Cc2cc(-c3cccc(C)c3)cc(N(c3ccccc3)c3ccc(-c4ccc5c6c(cccc46)-c4c-5c(-c5ccccc5)c5ccccc5c4-c4ccccc4)cc3)c2)c1. The van der Waals surface area contributed by atoms with Crippen LogP contribution in [0.25, 0.3) is 88.3 Å². The molecule has 0 aliphatic heterocycles. The Morgan fingerprint density at radius 2 is 0.818 bits per heavy atom. The van der Waals surface area contributed by atoms with Crippen molar-refractivity contribution in [3.05, 3.63) is 259 Å². The maximum atomic E-state index is 2.41. The number of rotatable bonds is 9. The number of anilines is 3. The Morgan fingerprint density at radius 1 is 0.288 bits per heavy atom. The summed E-state index contributed by atoms with van der Waals surface area (Å²) in [6.45, 7) is 4.35. The lowest BCUT2D eigenvalue weighted by Crippen LogP contribution is -2.10. The van der Waals surface area contributed by atoms with Gasteiger partial charge in [-0.15, -0.1) is 0 Å². The Labute approximate surface area is 387 Å². The first-order valence-electron chi connectivity index (χ1n) is 23.0. The van der Waals surface area contributed by atoms with Gasteiger partial charge in [0.15, 0.2) is 0 Å². The summed E-state index contributed by atoms with van der Waals surface area (Å²) < 4.78 is 0. The Bertz CT molecular complexity index is 3510. The highest BCUT2D eigenvalue weighted by molar-refractivity contribution is 6.28. The van der Waals surface area contributed by atoms with E-state index in [0.29, 0.717) is 0 Å². The van der Waals surface area contributed by atoms with Crippen molar-refractivity contribution < 1.29 is 0 Å². The van der Waals surface area contributed by atoms with E-state index in [2.05, 4.69) is 255 Å². The van der Waals surface area contributed by atoms with E-state index < -0.39 is 0 Å². The van der Waals surface area contributed by atoms with E-state index in [1.807, 2.05) is 0 Å². The molecule has 0 saturated carbocycles. The van der Waals surface area contributed by atoms with Gasteiger partial charge in [0.2, 0.25) is 0 Å². The van der Waals surface area contributed by atoms with E-state index in [1.54, 1.807) is 0 Å². The zero-order chi connectivity index (χ0) is 44.1. The van der Waals surface area contributed by atoms with Gasteiger partial charge in [0.1, 0.15) is 0 Å². The average molecular weight is 842 g/mol. The van der Waals surface area contributed by atoms with Crippen molar-refractivity contribution in [2.45, 2.75) is 20.3 Å². The topological polar surface area (TPSA) is 3.24 Å². The Balaban J connectivity index is 1.01. The molecule has 0 aromatic heterocycles. The molecule has 312 valence electrons. The van der Waals surface area contributed by atoms with Crippen LogP contribution >= 0.6 is 0 Å². The van der Waals surface area contributed by atoms with Crippen LogP contribution in [0.1, 0.15) is 22.3 Å². The van der Waals surface area contributed by atoms with E-state index >= 15 is 0 Å². The predicted octanol–water partition coefficient (Wildman–Crippen LogP) is 18.0. The number of hydrogen-bond acceptors (Lipinski definition) is 1. The highest BCUT2D eigenvalue weighted by Gasteiger charge is 2.31. The first-order chi connectivity index (χ1) is 32.6. The molecule has 66 heavy (non-hydrogen) atoms. The number of aryl methyl sites for hydroxylation is 2. The number of nitrogens with zero attached hydrogens (tertiary/aromatic N) is 1. The molecule has 1 aliphatic carbocycles. The third-order valence-electron chi connectivity index (χ3n) is 13.4. The van der Waals surface area contributed by atoms with E-state index in [4.69, 9.17) is 0 Å². The van der Waals surface area contributed by atoms with Gasteiger partial charge in [-0.1, -0.05) is 211 Å². The second kappa shape index (κ2) is 16.4. The number of benzene rings is 11. The molecule has 0 fully saturated rings. The molecule has 0 saturated heterocycles. The van der Waals surface area contributed by atoms with Crippen LogP contribution in [-0.2, 0) is 6.42 Å². The quantitative estimate of drug-likeness (QED) is 0.140. The molecular formula is C65H47N. The summed E-state index contributed by atoms with van der Waals surface area (Å²) in [7, 11) is 0. The third kappa shape index (κ3) is 6.89. The second-order valence-corrected chi connectivity index (χ2v) is 17.8. The molecule has 0 atom stereocenters. The molecule has 1 aliphatic rings. The Hall–Kier alpha value is -8.26. The Morgan fingerprint density at radius 3 is 1.47 bits per heavy atom. The van der Waals surface area contributed by atoms with E-state index in [0.717, 1.165) is 23.5 Å². The third-order valence-corrected chi connectivity index (χ3v) is 13.4. The standard InChI is InChI=1S/C65H47N/c1-43-17-14-19-45(37-43)39-46-40-51(50-24-15-18-44(2)38-50)42-54(41-46)66(52-25-10-5-11-26-52)53-33-31-47(32-34-53)55-35-36-60-63-56(55)29-16-30-59(63)64-61(48-20-6-3-7-21-48)57-27-12-13-28-58(57)62(65(60)64)49-22-8-4-9-23-49/h3-38,40-42H,39H2,1-2H3. The average Bonchev–Trinajstić information content (AvgIpc) is 3.69. The van der Waals surface area contributed by atoms with Crippen LogP contribution in [0.15, 0.2) is 237 Å². The molecular weight excluding hydrogens is 795 g/mol. The lowest BCUT2D eigenvalue weighted by molar-refractivity contribution is 1.17. The molecule has 12 rings (SSSR count). The number of para-hydroxylation sites is 1. The van der Waals surface area contributed by atoms with Gasteiger partial charge in [-0.2, -0.15) is 0 Å². The summed E-state index contributed by atoms with van der Waals surface area (Å²) in [4.78, 5) is 2.41. The molecule has 1 heteroatoms. The van der Waals surface area contributed by atoms with Crippen LogP contribution in [0.5, 0.6) is 0 Å². The summed E-state index contributed by atoms with van der Waals surface area (Å²) >= 11 is 0. The fourth-order valence-corrected chi connectivity index (χ4v) is 10.6. The minimum atomic E-state index is 0.848. The summed E-state index contributed by atoms with van der Waals surface area (Å²) in [6.07, 6.45) is 0.848. The molecule has 0 heterocycles. The molecule has 0 bridgehead atoms. The fraction of sp³-hybridized carbons (Fsp3) is 0.0462. The summed E-state index contributed by atoms with van der Waals surface area (Å²) in [5.41, 5.74) is 23.6. The second-order valence-electron chi connectivity index (χ2n) is 17.8. The molecule has 1 nitrogen and oxygen atoms in total. The largest absolute Gasteiger partial charge is 0.310 e. The van der Waals surface area contributed by atoms with E-state index in [1.165, 1.54) is 111 Å². The summed E-state index contributed by atoms with van der Waals surface area (Å²) in [5.74, 6) is 0. The molecule has 0 unspecified atom stereocenters. The first-order valence-corrected chi connectivity index (χ1v) is 23.0.